The summed E-state index contributed by atoms with van der Waals surface area (Å²) in [5, 5.41) is 0. The minimum atomic E-state index is -0.224. The number of hydrogen-bond donors (Lipinski definition) is 0. The van der Waals surface area contributed by atoms with Gasteiger partial charge >= 0.3 is 5.97 Å². The zero-order valence-corrected chi connectivity index (χ0v) is 17.3. The summed E-state index contributed by atoms with van der Waals surface area (Å²) in [5.41, 5.74) is 2.38. The predicted molar refractivity (Wildman–Crippen MR) is 110 cm³/mol. The molecule has 3 nitrogen and oxygen atoms in total. The van der Waals surface area contributed by atoms with Crippen molar-refractivity contribution in [2.24, 2.45) is 0 Å². The first-order chi connectivity index (χ1) is 13.1. The Hall–Kier alpha value is -1.65. The quantitative estimate of drug-likeness (QED) is 0.606. The first-order valence-electron chi connectivity index (χ1n) is 9.86. The van der Waals surface area contributed by atoms with Crippen LogP contribution in [0.2, 0.25) is 0 Å². The smallest absolute Gasteiger partial charge is 0.313 e. The molecule has 0 aliphatic carbocycles. The van der Waals surface area contributed by atoms with Gasteiger partial charge in [0.2, 0.25) is 0 Å². The van der Waals surface area contributed by atoms with E-state index in [1.54, 1.807) is 0 Å². The van der Waals surface area contributed by atoms with Crippen molar-refractivity contribution in [3.8, 4) is 0 Å². The third-order valence-electron chi connectivity index (χ3n) is 6.06. The Bertz CT molecular complexity index is 763. The van der Waals surface area contributed by atoms with E-state index in [-0.39, 0.29) is 18.0 Å². The van der Waals surface area contributed by atoms with E-state index in [2.05, 4.69) is 51.2 Å². The highest BCUT2D eigenvalue weighted by Crippen LogP contribution is 2.38. The van der Waals surface area contributed by atoms with Gasteiger partial charge in [0, 0.05) is 35.9 Å². The summed E-state index contributed by atoms with van der Waals surface area (Å²) in [6, 6.07) is 19.7. The Labute approximate surface area is 169 Å². The molecular formula is C23H26BrNO2. The van der Waals surface area contributed by atoms with E-state index in [1.807, 2.05) is 31.2 Å². The molecule has 0 aromatic heterocycles. The molecule has 2 unspecified atom stereocenters. The van der Waals surface area contributed by atoms with Crippen LogP contribution in [0.3, 0.4) is 0 Å². The lowest BCUT2D eigenvalue weighted by molar-refractivity contribution is -0.154. The molecule has 2 bridgehead atoms. The average molecular weight is 428 g/mol. The second-order valence-electron chi connectivity index (χ2n) is 7.85. The number of hydrogen-bond acceptors (Lipinski definition) is 3. The predicted octanol–water partition coefficient (Wildman–Crippen LogP) is 5.29. The summed E-state index contributed by atoms with van der Waals surface area (Å²) < 4.78 is 6.96. The van der Waals surface area contributed by atoms with Crippen LogP contribution < -0.4 is 0 Å². The SMILES string of the molecule is CC(C(=O)OC1C[C@H]2CC[C@@H](C1)N2Cc1ccccc1)c1ccc(Br)cc1. The maximum Gasteiger partial charge on any atom is 0.313 e. The van der Waals surface area contributed by atoms with Crippen molar-refractivity contribution in [1.82, 2.24) is 4.90 Å². The number of ether oxygens (including phenoxy) is 1. The van der Waals surface area contributed by atoms with Gasteiger partial charge in [-0.1, -0.05) is 58.4 Å². The molecule has 2 saturated heterocycles. The van der Waals surface area contributed by atoms with Crippen LogP contribution in [-0.4, -0.2) is 29.1 Å². The summed E-state index contributed by atoms with van der Waals surface area (Å²) in [7, 11) is 0. The van der Waals surface area contributed by atoms with Crippen LogP contribution in [0.1, 0.15) is 49.7 Å². The second-order valence-corrected chi connectivity index (χ2v) is 8.76. The summed E-state index contributed by atoms with van der Waals surface area (Å²) >= 11 is 3.44. The van der Waals surface area contributed by atoms with E-state index in [1.165, 1.54) is 18.4 Å². The van der Waals surface area contributed by atoms with Crippen molar-refractivity contribution in [3.05, 3.63) is 70.2 Å². The van der Waals surface area contributed by atoms with Crippen LogP contribution in [0, 0.1) is 0 Å². The van der Waals surface area contributed by atoms with Gasteiger partial charge in [0.05, 0.1) is 5.92 Å². The van der Waals surface area contributed by atoms with Gasteiger partial charge in [0.15, 0.2) is 0 Å². The van der Waals surface area contributed by atoms with Crippen LogP contribution in [-0.2, 0) is 16.1 Å². The molecule has 27 heavy (non-hydrogen) atoms. The molecule has 0 N–H and O–H groups in total. The van der Waals surface area contributed by atoms with E-state index in [0.717, 1.165) is 29.4 Å². The van der Waals surface area contributed by atoms with E-state index in [0.29, 0.717) is 12.1 Å². The molecule has 4 atom stereocenters. The average Bonchev–Trinajstić information content (AvgIpc) is 2.91. The fourth-order valence-electron chi connectivity index (χ4n) is 4.53. The van der Waals surface area contributed by atoms with Crippen molar-refractivity contribution < 1.29 is 9.53 Å². The van der Waals surface area contributed by atoms with Gasteiger partial charge in [-0.25, -0.2) is 0 Å². The minimum Gasteiger partial charge on any atom is -0.462 e. The normalized spacial score (nSPS) is 25.9. The number of piperidine rings is 1. The number of halogens is 1. The van der Waals surface area contributed by atoms with Crippen LogP contribution in [0.5, 0.6) is 0 Å². The molecule has 2 aromatic rings. The van der Waals surface area contributed by atoms with Gasteiger partial charge in [-0.3, -0.25) is 9.69 Å². The summed E-state index contributed by atoms with van der Waals surface area (Å²) in [6.45, 7) is 2.94. The van der Waals surface area contributed by atoms with Crippen molar-refractivity contribution in [3.63, 3.8) is 0 Å². The largest absolute Gasteiger partial charge is 0.462 e. The first-order valence-corrected chi connectivity index (χ1v) is 10.6. The molecule has 4 rings (SSSR count). The number of carbonyl (C=O) groups excluding carboxylic acids is 1. The van der Waals surface area contributed by atoms with Crippen LogP contribution in [0.4, 0.5) is 0 Å². The number of fused-ring (bicyclic) bond motifs is 2. The maximum atomic E-state index is 12.7. The first kappa shape index (κ1) is 18.7. The standard InChI is InChI=1S/C23H26BrNO2/c1-16(18-7-9-19(24)10-8-18)23(26)27-22-13-20-11-12-21(14-22)25(20)15-17-5-3-2-4-6-17/h2-10,16,20-22H,11-15H2,1H3/t16?,20-,21+,22?. The van der Waals surface area contributed by atoms with Crippen molar-refractivity contribution in [1.29, 1.82) is 0 Å². The second kappa shape index (κ2) is 8.15. The number of carbonyl (C=O) groups is 1. The van der Waals surface area contributed by atoms with E-state index < -0.39 is 0 Å². The Kier molecular flexibility index (Phi) is 5.65. The van der Waals surface area contributed by atoms with Gasteiger partial charge in [0.25, 0.3) is 0 Å². The molecule has 0 radical (unpaired) electrons. The molecule has 0 amide bonds. The van der Waals surface area contributed by atoms with Gasteiger partial charge in [-0.05, 0) is 43.0 Å². The lowest BCUT2D eigenvalue weighted by Gasteiger charge is -2.38. The van der Waals surface area contributed by atoms with Gasteiger partial charge in [0.1, 0.15) is 6.10 Å². The zero-order valence-electron chi connectivity index (χ0n) is 15.7. The fourth-order valence-corrected chi connectivity index (χ4v) is 4.79. The highest BCUT2D eigenvalue weighted by atomic mass is 79.9. The highest BCUT2D eigenvalue weighted by molar-refractivity contribution is 9.10. The molecule has 0 spiro atoms. The molecular weight excluding hydrogens is 402 g/mol. The molecule has 142 valence electrons. The zero-order chi connectivity index (χ0) is 18.8. The molecule has 2 aliphatic rings. The molecule has 2 aliphatic heterocycles. The molecule has 2 fully saturated rings. The maximum absolute atomic E-state index is 12.7. The Morgan fingerprint density at radius 1 is 1.07 bits per heavy atom. The highest BCUT2D eigenvalue weighted by Gasteiger charge is 2.42. The summed E-state index contributed by atoms with van der Waals surface area (Å²) in [5.74, 6) is -0.323. The Morgan fingerprint density at radius 3 is 2.33 bits per heavy atom. The molecule has 2 heterocycles. The van der Waals surface area contributed by atoms with Crippen molar-refractivity contribution >= 4 is 21.9 Å². The van der Waals surface area contributed by atoms with Crippen LogP contribution >= 0.6 is 15.9 Å². The summed E-state index contributed by atoms with van der Waals surface area (Å²) in [4.78, 5) is 15.3. The molecule has 2 aromatic carbocycles. The summed E-state index contributed by atoms with van der Waals surface area (Å²) in [6.07, 6.45) is 4.41. The van der Waals surface area contributed by atoms with Crippen molar-refractivity contribution in [2.45, 2.75) is 63.3 Å². The van der Waals surface area contributed by atoms with Gasteiger partial charge < -0.3 is 4.74 Å². The number of rotatable bonds is 5. The molecule has 0 saturated carbocycles. The fraction of sp³-hybridized carbons (Fsp3) is 0.435. The number of benzene rings is 2. The topological polar surface area (TPSA) is 29.5 Å². The van der Waals surface area contributed by atoms with E-state index in [4.69, 9.17) is 4.74 Å². The van der Waals surface area contributed by atoms with E-state index >= 15 is 0 Å². The molecule has 4 heteroatoms. The number of esters is 1. The van der Waals surface area contributed by atoms with Crippen LogP contribution in [0.15, 0.2) is 59.1 Å². The van der Waals surface area contributed by atoms with Gasteiger partial charge in [-0.15, -0.1) is 0 Å². The van der Waals surface area contributed by atoms with Crippen LogP contribution in [0.25, 0.3) is 0 Å². The van der Waals surface area contributed by atoms with Gasteiger partial charge in [-0.2, -0.15) is 0 Å². The minimum absolute atomic E-state index is 0.0555. The monoisotopic (exact) mass is 427 g/mol. The Balaban J connectivity index is 1.35. The van der Waals surface area contributed by atoms with E-state index in [9.17, 15) is 4.79 Å². The number of nitrogens with zero attached hydrogens (tertiary/aromatic N) is 1. The third-order valence-corrected chi connectivity index (χ3v) is 6.58. The lowest BCUT2D eigenvalue weighted by Crippen LogP contribution is -2.45. The van der Waals surface area contributed by atoms with Crippen molar-refractivity contribution in [2.75, 3.05) is 0 Å². The third kappa shape index (κ3) is 4.27. The Morgan fingerprint density at radius 2 is 1.70 bits per heavy atom. The lowest BCUT2D eigenvalue weighted by atomic mass is 9.97.